The topological polar surface area (TPSA) is 101 Å². The number of benzene rings is 1. The number of aromatic amines is 1. The number of hydrogen-bond donors (Lipinski definition) is 2. The molecule has 1 aromatic carbocycles. The van der Waals surface area contributed by atoms with Crippen LogP contribution >= 0.6 is 0 Å². The molecule has 0 aliphatic heterocycles. The molecule has 4 aromatic rings. The summed E-state index contributed by atoms with van der Waals surface area (Å²) in [6, 6.07) is 7.19. The molecule has 0 aliphatic rings. The van der Waals surface area contributed by atoms with Gasteiger partial charge in [0.1, 0.15) is 0 Å². The maximum atomic E-state index is 12.9. The molecule has 3 aromatic heterocycles. The molecule has 0 amide bonds. The van der Waals surface area contributed by atoms with Crippen molar-refractivity contribution in [3.63, 3.8) is 0 Å². The summed E-state index contributed by atoms with van der Waals surface area (Å²) in [6.45, 7) is 0. The number of anilines is 2. The summed E-state index contributed by atoms with van der Waals surface area (Å²) in [5, 5.41) is 13.6. The van der Waals surface area contributed by atoms with Crippen LogP contribution in [0.4, 0.5) is 24.9 Å². The van der Waals surface area contributed by atoms with Crippen LogP contribution in [0.3, 0.4) is 0 Å². The highest BCUT2D eigenvalue weighted by atomic mass is 19.4. The molecule has 0 bridgehead atoms. The third-order valence-electron chi connectivity index (χ3n) is 3.66. The van der Waals surface area contributed by atoms with Crippen molar-refractivity contribution < 1.29 is 13.2 Å². The van der Waals surface area contributed by atoms with Gasteiger partial charge in [0.15, 0.2) is 11.3 Å². The second-order valence-electron chi connectivity index (χ2n) is 5.47. The van der Waals surface area contributed by atoms with Crippen molar-refractivity contribution in [1.29, 1.82) is 0 Å². The van der Waals surface area contributed by atoms with Gasteiger partial charge in [0.25, 0.3) is 5.56 Å². The fraction of sp³-hybridized carbons (Fsp3) is 0.0625. The average Bonchev–Trinajstić information content (AvgIpc) is 3.03. The lowest BCUT2D eigenvalue weighted by atomic mass is 10.2. The summed E-state index contributed by atoms with van der Waals surface area (Å²) in [6.07, 6.45) is -1.48. The Bertz CT molecular complexity index is 1170. The molecule has 0 spiro atoms. The second-order valence-corrected chi connectivity index (χ2v) is 5.47. The van der Waals surface area contributed by atoms with E-state index >= 15 is 0 Å². The summed E-state index contributed by atoms with van der Waals surface area (Å²) < 4.78 is 39.7. The highest BCUT2D eigenvalue weighted by molar-refractivity contribution is 5.86. The number of H-pyrrole nitrogens is 1. The van der Waals surface area contributed by atoms with E-state index in [0.717, 1.165) is 16.8 Å². The van der Waals surface area contributed by atoms with Crippen molar-refractivity contribution in [2.75, 3.05) is 5.32 Å². The van der Waals surface area contributed by atoms with Crippen LogP contribution in [0.5, 0.6) is 0 Å². The lowest BCUT2D eigenvalue weighted by molar-refractivity contribution is -0.137. The number of nitrogens with zero attached hydrogens (tertiary/aromatic N) is 5. The molecule has 136 valence electrons. The highest BCUT2D eigenvalue weighted by Gasteiger charge is 2.30. The molecule has 3 heterocycles. The Morgan fingerprint density at radius 3 is 2.59 bits per heavy atom. The second kappa shape index (κ2) is 6.20. The van der Waals surface area contributed by atoms with E-state index < -0.39 is 17.3 Å². The molecule has 4 rings (SSSR count). The van der Waals surface area contributed by atoms with Crippen LogP contribution in [0.2, 0.25) is 0 Å². The first-order valence-electron chi connectivity index (χ1n) is 7.62. The van der Waals surface area contributed by atoms with Gasteiger partial charge in [-0.3, -0.25) is 9.89 Å². The van der Waals surface area contributed by atoms with Crippen molar-refractivity contribution >= 4 is 22.8 Å². The van der Waals surface area contributed by atoms with Crippen LogP contribution in [-0.2, 0) is 6.18 Å². The number of fused-ring (bicyclic) bond motifs is 1. The van der Waals surface area contributed by atoms with Crippen LogP contribution in [0.15, 0.2) is 53.6 Å². The van der Waals surface area contributed by atoms with Crippen LogP contribution in [0, 0.1) is 0 Å². The monoisotopic (exact) mass is 373 g/mol. The van der Waals surface area contributed by atoms with Gasteiger partial charge in [0.05, 0.1) is 16.8 Å². The molecule has 27 heavy (non-hydrogen) atoms. The lowest BCUT2D eigenvalue weighted by Gasteiger charge is -2.09. The maximum absolute atomic E-state index is 12.9. The number of halogens is 3. The van der Waals surface area contributed by atoms with E-state index in [2.05, 4.69) is 30.6 Å². The van der Waals surface area contributed by atoms with E-state index in [-0.39, 0.29) is 23.0 Å². The van der Waals surface area contributed by atoms with Crippen molar-refractivity contribution in [2.45, 2.75) is 6.18 Å². The van der Waals surface area contributed by atoms with Gasteiger partial charge in [-0.05, 0) is 24.3 Å². The molecule has 0 unspecified atom stereocenters. The smallest absolute Gasteiger partial charge is 0.305 e. The largest absolute Gasteiger partial charge is 0.416 e. The average molecular weight is 373 g/mol. The Labute approximate surface area is 148 Å². The maximum Gasteiger partial charge on any atom is 0.416 e. The zero-order chi connectivity index (χ0) is 19.0. The first kappa shape index (κ1) is 16.7. The summed E-state index contributed by atoms with van der Waals surface area (Å²) in [5.41, 5.74) is -0.925. The molecule has 0 atom stereocenters. The predicted molar refractivity (Wildman–Crippen MR) is 89.8 cm³/mol. The minimum atomic E-state index is -4.53. The van der Waals surface area contributed by atoms with Gasteiger partial charge >= 0.3 is 6.18 Å². The summed E-state index contributed by atoms with van der Waals surface area (Å²) in [5.74, 6) is 0.487. The standard InChI is InChI=1S/C16H10F3N7O/c17-16(18,19)9-3-1-4-10(7-9)26-12(27)8-11-13(25-26)14(24-23-11)22-15-20-5-2-6-21-15/h1-8,23H,(H,20,21,22,24). The molecular weight excluding hydrogens is 363 g/mol. The Kier molecular flexibility index (Phi) is 3.83. The molecule has 0 radical (unpaired) electrons. The first-order chi connectivity index (χ1) is 12.9. The molecule has 0 fully saturated rings. The van der Waals surface area contributed by atoms with Crippen molar-refractivity contribution in [1.82, 2.24) is 29.9 Å². The van der Waals surface area contributed by atoms with Gasteiger partial charge in [-0.1, -0.05) is 6.07 Å². The Balaban J connectivity index is 1.82. The van der Waals surface area contributed by atoms with Crippen molar-refractivity contribution in [3.05, 3.63) is 64.7 Å². The Hall–Kier alpha value is -3.76. The molecule has 0 aliphatic carbocycles. The van der Waals surface area contributed by atoms with Crippen molar-refractivity contribution in [3.8, 4) is 5.69 Å². The zero-order valence-electron chi connectivity index (χ0n) is 13.4. The van der Waals surface area contributed by atoms with E-state index in [4.69, 9.17) is 0 Å². The minimum absolute atomic E-state index is 0.0140. The van der Waals surface area contributed by atoms with Gasteiger partial charge < -0.3 is 5.32 Å². The van der Waals surface area contributed by atoms with E-state index in [1.54, 1.807) is 6.07 Å². The Morgan fingerprint density at radius 2 is 1.85 bits per heavy atom. The third-order valence-corrected chi connectivity index (χ3v) is 3.66. The van der Waals surface area contributed by atoms with Crippen molar-refractivity contribution in [2.24, 2.45) is 0 Å². The fourth-order valence-corrected chi connectivity index (χ4v) is 2.44. The number of rotatable bonds is 3. The van der Waals surface area contributed by atoms with Crippen LogP contribution < -0.4 is 10.9 Å². The molecule has 0 saturated heterocycles. The molecule has 2 N–H and O–H groups in total. The minimum Gasteiger partial charge on any atom is -0.305 e. The van der Waals surface area contributed by atoms with Crippen LogP contribution in [0.25, 0.3) is 16.7 Å². The molecule has 11 heteroatoms. The Morgan fingerprint density at radius 1 is 1.07 bits per heavy atom. The summed E-state index contributed by atoms with van der Waals surface area (Å²) in [7, 11) is 0. The zero-order valence-corrected chi connectivity index (χ0v) is 13.4. The normalized spacial score (nSPS) is 11.7. The van der Waals surface area contributed by atoms with E-state index in [1.807, 2.05) is 0 Å². The van der Waals surface area contributed by atoms with Gasteiger partial charge in [0, 0.05) is 18.5 Å². The first-order valence-corrected chi connectivity index (χ1v) is 7.62. The quantitative estimate of drug-likeness (QED) is 0.573. The number of hydrogen-bond acceptors (Lipinski definition) is 6. The summed E-state index contributed by atoms with van der Waals surface area (Å²) in [4.78, 5) is 20.3. The number of alkyl halides is 3. The van der Waals surface area contributed by atoms with E-state index in [9.17, 15) is 18.0 Å². The van der Waals surface area contributed by atoms with Crippen LogP contribution in [0.1, 0.15) is 5.56 Å². The van der Waals surface area contributed by atoms with Gasteiger partial charge in [-0.2, -0.15) is 28.1 Å². The van der Waals surface area contributed by atoms with Gasteiger partial charge in [0.2, 0.25) is 5.95 Å². The number of aromatic nitrogens is 6. The lowest BCUT2D eigenvalue weighted by Crippen LogP contribution is -2.20. The van der Waals surface area contributed by atoms with E-state index in [1.165, 1.54) is 30.6 Å². The predicted octanol–water partition coefficient (Wildman–Crippen LogP) is 2.66. The SMILES string of the molecule is O=c1cc2[nH]nc(Nc3ncccn3)c2nn1-c1cccc(C(F)(F)F)c1. The van der Waals surface area contributed by atoms with E-state index in [0.29, 0.717) is 5.52 Å². The number of nitrogens with one attached hydrogen (secondary N) is 2. The molecular formula is C16H10F3N7O. The fourth-order valence-electron chi connectivity index (χ4n) is 2.44. The highest BCUT2D eigenvalue weighted by Crippen LogP contribution is 2.30. The third kappa shape index (κ3) is 3.21. The van der Waals surface area contributed by atoms with Gasteiger partial charge in [-0.15, -0.1) is 0 Å². The molecule has 8 nitrogen and oxygen atoms in total. The molecule has 0 saturated carbocycles. The van der Waals surface area contributed by atoms with Crippen LogP contribution in [-0.4, -0.2) is 29.9 Å². The van der Waals surface area contributed by atoms with Gasteiger partial charge in [-0.25, -0.2) is 9.97 Å². The summed E-state index contributed by atoms with van der Waals surface area (Å²) >= 11 is 0.